The maximum Gasteiger partial charge on any atom is 0.410 e. The van der Waals surface area contributed by atoms with Crippen molar-refractivity contribution in [1.82, 2.24) is 19.5 Å². The smallest absolute Gasteiger partial charge is 0.410 e. The van der Waals surface area contributed by atoms with Crippen molar-refractivity contribution in [2.75, 3.05) is 18.5 Å². The third-order valence-electron chi connectivity index (χ3n) is 5.83. The van der Waals surface area contributed by atoms with Crippen LogP contribution in [0.4, 0.5) is 10.6 Å². The summed E-state index contributed by atoms with van der Waals surface area (Å²) in [6.07, 6.45) is 5.63. The predicted octanol–water partition coefficient (Wildman–Crippen LogP) is 2.67. The molecule has 1 aliphatic heterocycles. The van der Waals surface area contributed by atoms with Gasteiger partial charge in [0, 0.05) is 25.8 Å². The number of aromatic hydroxyl groups is 1. The third kappa shape index (κ3) is 5.09. The van der Waals surface area contributed by atoms with E-state index < -0.39 is 29.0 Å². The molecule has 0 radical (unpaired) electrons. The molecule has 0 aromatic carbocycles. The molecule has 2 fully saturated rings. The van der Waals surface area contributed by atoms with E-state index in [0.717, 1.165) is 30.2 Å². The van der Waals surface area contributed by atoms with Gasteiger partial charge in [-0.15, -0.1) is 5.10 Å². The van der Waals surface area contributed by atoms with Gasteiger partial charge in [0.05, 0.1) is 5.56 Å². The van der Waals surface area contributed by atoms with Crippen molar-refractivity contribution in [3.8, 4) is 5.88 Å². The van der Waals surface area contributed by atoms with E-state index in [9.17, 15) is 24.6 Å². The standard InChI is InChI=1S/C23H31N5O6/c1-23(2,3)12-27-19-15(7-4-13-8-10-34-11-9-13)17(25-22(32)33)26-28(19)21(31)16(20(27)30)18(29)24-14-5-6-14/h4,7,13-14,31H,5-6,8-12H2,1-3H3,(H,24,29)(H,25,26)(H,32,33). The molecule has 2 aromatic heterocycles. The number of hydrogen-bond donors (Lipinski definition) is 4. The summed E-state index contributed by atoms with van der Waals surface area (Å²) in [5.41, 5.74) is -0.863. The number of nitrogens with zero attached hydrogens (tertiary/aromatic N) is 3. The number of amides is 2. The summed E-state index contributed by atoms with van der Waals surface area (Å²) in [5, 5.41) is 29.6. The van der Waals surface area contributed by atoms with E-state index in [4.69, 9.17) is 4.74 Å². The Hall–Kier alpha value is -3.34. The van der Waals surface area contributed by atoms with Gasteiger partial charge in [-0.25, -0.2) is 4.79 Å². The summed E-state index contributed by atoms with van der Waals surface area (Å²) in [4.78, 5) is 37.9. The number of hydrogen-bond acceptors (Lipinski definition) is 6. The van der Waals surface area contributed by atoms with Crippen LogP contribution in [0.25, 0.3) is 11.7 Å². The number of ether oxygens (including phenoxy) is 1. The molecule has 4 N–H and O–H groups in total. The van der Waals surface area contributed by atoms with E-state index in [1.54, 1.807) is 6.08 Å². The zero-order valence-corrected chi connectivity index (χ0v) is 19.6. The molecule has 0 atom stereocenters. The van der Waals surface area contributed by atoms with Crippen molar-refractivity contribution in [2.45, 2.75) is 59.0 Å². The Morgan fingerprint density at radius 1 is 1.21 bits per heavy atom. The molecular formula is C23H31N5O6. The topological polar surface area (TPSA) is 147 Å². The lowest BCUT2D eigenvalue weighted by atomic mass is 9.96. The first-order chi connectivity index (χ1) is 16.0. The highest BCUT2D eigenvalue weighted by Crippen LogP contribution is 2.30. The number of carboxylic acid groups (broad SMARTS) is 1. The third-order valence-corrected chi connectivity index (χ3v) is 5.83. The molecule has 4 rings (SSSR count). The van der Waals surface area contributed by atoms with Gasteiger partial charge < -0.3 is 20.3 Å². The average molecular weight is 474 g/mol. The first-order valence-electron chi connectivity index (χ1n) is 11.5. The molecule has 11 nitrogen and oxygen atoms in total. The minimum atomic E-state index is -1.33. The van der Waals surface area contributed by atoms with Crippen molar-refractivity contribution in [3.05, 3.63) is 27.6 Å². The van der Waals surface area contributed by atoms with Crippen LogP contribution in [0.15, 0.2) is 10.9 Å². The molecule has 1 saturated carbocycles. The van der Waals surface area contributed by atoms with E-state index in [1.807, 2.05) is 26.8 Å². The Kier molecular flexibility index (Phi) is 6.39. The highest BCUT2D eigenvalue weighted by atomic mass is 16.5. The zero-order chi connectivity index (χ0) is 24.6. The Bertz CT molecular complexity index is 1200. The van der Waals surface area contributed by atoms with E-state index in [2.05, 4.69) is 15.7 Å². The van der Waals surface area contributed by atoms with Crippen molar-refractivity contribution in [1.29, 1.82) is 0 Å². The molecule has 2 aromatic rings. The van der Waals surface area contributed by atoms with Gasteiger partial charge in [-0.2, -0.15) is 4.52 Å². The molecule has 0 bridgehead atoms. The van der Waals surface area contributed by atoms with E-state index in [1.165, 1.54) is 4.57 Å². The number of carbonyl (C=O) groups is 2. The average Bonchev–Trinajstić information content (AvgIpc) is 3.49. The monoisotopic (exact) mass is 473 g/mol. The van der Waals surface area contributed by atoms with Crippen LogP contribution in [-0.2, 0) is 11.3 Å². The minimum absolute atomic E-state index is 0.0158. The molecule has 11 heteroatoms. The van der Waals surface area contributed by atoms with Crippen molar-refractivity contribution in [3.63, 3.8) is 0 Å². The second kappa shape index (κ2) is 9.13. The van der Waals surface area contributed by atoms with Crippen LogP contribution in [0.3, 0.4) is 0 Å². The lowest BCUT2D eigenvalue weighted by Crippen LogP contribution is -2.37. The molecular weight excluding hydrogens is 442 g/mol. The molecule has 34 heavy (non-hydrogen) atoms. The lowest BCUT2D eigenvalue weighted by molar-refractivity contribution is 0.0787. The highest BCUT2D eigenvalue weighted by Gasteiger charge is 2.31. The molecule has 3 heterocycles. The fraction of sp³-hybridized carbons (Fsp3) is 0.565. The van der Waals surface area contributed by atoms with E-state index >= 15 is 0 Å². The van der Waals surface area contributed by atoms with E-state index in [-0.39, 0.29) is 35.4 Å². The van der Waals surface area contributed by atoms with Crippen molar-refractivity contribution >= 4 is 29.5 Å². The lowest BCUT2D eigenvalue weighted by Gasteiger charge is -2.22. The SMILES string of the molecule is CC(C)(C)Cn1c(=O)c(C(=O)NC2CC2)c(O)n2nc(NC(=O)O)c(C=CC3CCOCC3)c12. The normalized spacial score (nSPS) is 17.4. The van der Waals surface area contributed by atoms with Gasteiger partial charge in [-0.1, -0.05) is 32.9 Å². The van der Waals surface area contributed by atoms with Crippen LogP contribution < -0.4 is 16.2 Å². The quantitative estimate of drug-likeness (QED) is 0.504. The number of carbonyl (C=O) groups excluding carboxylic acids is 1. The highest BCUT2D eigenvalue weighted by molar-refractivity contribution is 5.97. The van der Waals surface area contributed by atoms with Gasteiger partial charge in [0.2, 0.25) is 5.88 Å². The first kappa shape index (κ1) is 23.8. The van der Waals surface area contributed by atoms with Crippen LogP contribution in [-0.4, -0.2) is 55.7 Å². The molecule has 2 amide bonds. The largest absolute Gasteiger partial charge is 0.492 e. The van der Waals surface area contributed by atoms with Gasteiger partial charge in [0.15, 0.2) is 17.0 Å². The molecule has 1 aliphatic carbocycles. The van der Waals surface area contributed by atoms with Gasteiger partial charge in [-0.05, 0) is 37.0 Å². The number of allylic oxidation sites excluding steroid dienone is 1. The zero-order valence-electron chi connectivity index (χ0n) is 19.6. The van der Waals surface area contributed by atoms with Crippen LogP contribution in [0.1, 0.15) is 62.4 Å². The number of rotatable bonds is 6. The van der Waals surface area contributed by atoms with Crippen LogP contribution in [0.5, 0.6) is 5.88 Å². The molecule has 0 unspecified atom stereocenters. The molecule has 184 valence electrons. The number of anilines is 1. The predicted molar refractivity (Wildman–Crippen MR) is 125 cm³/mol. The Morgan fingerprint density at radius 2 is 1.88 bits per heavy atom. The second-order valence-electron chi connectivity index (χ2n) is 10.1. The number of aromatic nitrogens is 3. The Morgan fingerprint density at radius 3 is 2.47 bits per heavy atom. The fourth-order valence-corrected chi connectivity index (χ4v) is 4.05. The van der Waals surface area contributed by atoms with Gasteiger partial charge >= 0.3 is 6.09 Å². The summed E-state index contributed by atoms with van der Waals surface area (Å²) < 4.78 is 7.87. The van der Waals surface area contributed by atoms with Crippen molar-refractivity contribution < 1.29 is 24.5 Å². The summed E-state index contributed by atoms with van der Waals surface area (Å²) in [7, 11) is 0. The van der Waals surface area contributed by atoms with Crippen molar-refractivity contribution in [2.24, 2.45) is 11.3 Å². The van der Waals surface area contributed by atoms with Gasteiger partial charge in [-0.3, -0.25) is 19.5 Å². The number of fused-ring (bicyclic) bond motifs is 1. The Labute approximate surface area is 196 Å². The maximum absolute atomic E-state index is 13.5. The molecule has 1 saturated heterocycles. The van der Waals surface area contributed by atoms with E-state index in [0.29, 0.717) is 18.8 Å². The number of nitrogens with one attached hydrogen (secondary N) is 2. The van der Waals surface area contributed by atoms with Crippen LogP contribution in [0.2, 0.25) is 0 Å². The summed E-state index contributed by atoms with van der Waals surface area (Å²) in [6, 6.07) is -0.0158. The minimum Gasteiger partial charge on any atom is -0.492 e. The fourth-order valence-electron chi connectivity index (χ4n) is 4.05. The van der Waals surface area contributed by atoms with Crippen LogP contribution in [0, 0.1) is 11.3 Å². The molecule has 2 aliphatic rings. The van der Waals surface area contributed by atoms with Crippen LogP contribution >= 0.6 is 0 Å². The maximum atomic E-state index is 13.5. The summed E-state index contributed by atoms with van der Waals surface area (Å²) in [6.45, 7) is 7.32. The first-order valence-corrected chi connectivity index (χ1v) is 11.5. The molecule has 0 spiro atoms. The van der Waals surface area contributed by atoms with Gasteiger partial charge in [0.25, 0.3) is 11.5 Å². The Balaban J connectivity index is 1.94. The summed E-state index contributed by atoms with van der Waals surface area (Å²) >= 11 is 0. The summed E-state index contributed by atoms with van der Waals surface area (Å²) in [5.74, 6) is -1.10. The van der Waals surface area contributed by atoms with Gasteiger partial charge in [0.1, 0.15) is 0 Å². The second-order valence-corrected chi connectivity index (χ2v) is 10.1.